The largest absolute Gasteiger partial charge is 0.393 e. The van der Waals surface area contributed by atoms with Crippen LogP contribution in [0.1, 0.15) is 70.8 Å². The molecule has 2 rings (SSSR count). The summed E-state index contributed by atoms with van der Waals surface area (Å²) in [7, 11) is 0. The van der Waals surface area contributed by atoms with Crippen molar-refractivity contribution in [2.45, 2.75) is 89.9 Å². The highest BCUT2D eigenvalue weighted by atomic mass is 17.0. The van der Waals surface area contributed by atoms with Gasteiger partial charge in [0.15, 0.2) is 0 Å². The SMILES string of the molecule is CCCC(O[N+](=O)[O-])[C@@H]1C[C@H](O)[C@H](C/C=C\CCCC(=O)NCC)[C@H]1/C=C/[C@@H](O)CCc1ccccc1. The Hall–Kier alpha value is -2.71. The van der Waals surface area contributed by atoms with Crippen LogP contribution in [-0.4, -0.2) is 46.1 Å². The van der Waals surface area contributed by atoms with Crippen molar-refractivity contribution in [3.05, 3.63) is 70.3 Å². The molecule has 0 heterocycles. The van der Waals surface area contributed by atoms with Gasteiger partial charge in [0.25, 0.3) is 5.09 Å². The lowest BCUT2D eigenvalue weighted by Gasteiger charge is -2.27. The van der Waals surface area contributed by atoms with Crippen LogP contribution in [0.2, 0.25) is 0 Å². The maximum atomic E-state index is 11.6. The number of nitrogens with one attached hydrogen (secondary N) is 1. The first kappa shape index (κ1) is 30.5. The minimum Gasteiger partial charge on any atom is -0.393 e. The molecule has 0 bridgehead atoms. The van der Waals surface area contributed by atoms with Gasteiger partial charge in [0.05, 0.1) is 12.2 Å². The van der Waals surface area contributed by atoms with E-state index >= 15 is 0 Å². The Kier molecular flexibility index (Phi) is 14.0. The zero-order valence-corrected chi connectivity index (χ0v) is 22.2. The fourth-order valence-corrected chi connectivity index (χ4v) is 5.27. The van der Waals surface area contributed by atoms with Gasteiger partial charge in [-0.15, -0.1) is 10.1 Å². The van der Waals surface area contributed by atoms with E-state index in [4.69, 9.17) is 4.84 Å². The van der Waals surface area contributed by atoms with Gasteiger partial charge in [-0.2, -0.15) is 0 Å². The number of rotatable bonds is 17. The predicted octanol–water partition coefficient (Wildman–Crippen LogP) is 4.78. The van der Waals surface area contributed by atoms with E-state index in [2.05, 4.69) is 5.32 Å². The molecule has 1 aliphatic carbocycles. The molecule has 0 aliphatic heterocycles. The Bertz CT molecular complexity index is 859. The molecule has 8 heteroatoms. The van der Waals surface area contributed by atoms with E-state index in [0.29, 0.717) is 38.6 Å². The summed E-state index contributed by atoms with van der Waals surface area (Å²) in [6.45, 7) is 4.48. The highest BCUT2D eigenvalue weighted by Crippen LogP contribution is 2.44. The number of aliphatic hydroxyl groups is 2. The maximum Gasteiger partial charge on any atom is 0.294 e. The number of carbonyl (C=O) groups is 1. The van der Waals surface area contributed by atoms with Crippen LogP contribution in [0.5, 0.6) is 0 Å². The molecule has 37 heavy (non-hydrogen) atoms. The molecule has 1 aromatic carbocycles. The van der Waals surface area contributed by atoms with E-state index in [9.17, 15) is 25.1 Å². The Morgan fingerprint density at radius 1 is 1.24 bits per heavy atom. The van der Waals surface area contributed by atoms with Gasteiger partial charge in [0.1, 0.15) is 6.10 Å². The van der Waals surface area contributed by atoms with Gasteiger partial charge in [0, 0.05) is 13.0 Å². The topological polar surface area (TPSA) is 122 Å². The number of carbonyl (C=O) groups excluding carboxylic acids is 1. The van der Waals surface area contributed by atoms with Crippen molar-refractivity contribution in [3.8, 4) is 0 Å². The molecule has 1 aliphatic rings. The van der Waals surface area contributed by atoms with Gasteiger partial charge in [-0.05, 0) is 75.2 Å². The molecule has 0 spiro atoms. The van der Waals surface area contributed by atoms with Gasteiger partial charge in [-0.25, -0.2) is 0 Å². The van der Waals surface area contributed by atoms with E-state index in [0.717, 1.165) is 31.2 Å². The number of hydrogen-bond donors (Lipinski definition) is 3. The molecule has 1 aromatic rings. The van der Waals surface area contributed by atoms with Gasteiger partial charge in [-0.1, -0.05) is 68.0 Å². The maximum absolute atomic E-state index is 11.6. The zero-order chi connectivity index (χ0) is 27.0. The molecule has 6 atom stereocenters. The number of aryl methyl sites for hydroxylation is 1. The highest BCUT2D eigenvalue weighted by molar-refractivity contribution is 5.75. The van der Waals surface area contributed by atoms with Crippen LogP contribution < -0.4 is 5.32 Å². The van der Waals surface area contributed by atoms with Crippen LogP contribution in [-0.2, 0) is 16.1 Å². The van der Waals surface area contributed by atoms with Gasteiger partial charge < -0.3 is 20.4 Å². The quantitative estimate of drug-likeness (QED) is 0.119. The molecular weight excluding hydrogens is 472 g/mol. The van der Waals surface area contributed by atoms with Gasteiger partial charge in [0.2, 0.25) is 5.91 Å². The Labute approximate surface area is 220 Å². The molecule has 0 aromatic heterocycles. The first-order valence-corrected chi connectivity index (χ1v) is 13.7. The van der Waals surface area contributed by atoms with E-state index in [-0.39, 0.29) is 23.7 Å². The minimum absolute atomic E-state index is 0.0498. The average Bonchev–Trinajstić information content (AvgIpc) is 3.18. The van der Waals surface area contributed by atoms with E-state index < -0.39 is 23.4 Å². The second-order valence-electron chi connectivity index (χ2n) is 9.89. The number of benzene rings is 1. The third-order valence-electron chi connectivity index (χ3n) is 7.12. The number of hydrogen-bond acceptors (Lipinski definition) is 6. The molecule has 1 amide bonds. The summed E-state index contributed by atoms with van der Waals surface area (Å²) in [6, 6.07) is 9.97. The summed E-state index contributed by atoms with van der Waals surface area (Å²) >= 11 is 0. The van der Waals surface area contributed by atoms with Crippen molar-refractivity contribution < 1.29 is 24.9 Å². The molecule has 1 fully saturated rings. The van der Waals surface area contributed by atoms with Crippen molar-refractivity contribution in [2.75, 3.05) is 6.54 Å². The lowest BCUT2D eigenvalue weighted by Crippen LogP contribution is -2.30. The van der Waals surface area contributed by atoms with Crippen molar-refractivity contribution in [2.24, 2.45) is 17.8 Å². The molecule has 1 saturated carbocycles. The van der Waals surface area contributed by atoms with Crippen LogP contribution >= 0.6 is 0 Å². The standard InChI is InChI=1S/C29H44N2O6/c1-3-12-28(37-31(35)36)26-21-27(33)25(15-10-5-6-11-16-29(34)30-4-2)24(26)20-19-23(32)18-17-22-13-8-7-9-14-22/h5,7-10,13-14,19-20,23-28,32-33H,3-4,6,11-12,15-18,21H2,1-2H3,(H,30,34)/b10-5-,20-19+/t23-,24+,25+,26+,27-,28?/m0/s1. The third kappa shape index (κ3) is 11.1. The lowest BCUT2D eigenvalue weighted by molar-refractivity contribution is -0.771. The van der Waals surface area contributed by atoms with Crippen LogP contribution in [0.3, 0.4) is 0 Å². The van der Waals surface area contributed by atoms with Crippen molar-refractivity contribution in [3.63, 3.8) is 0 Å². The molecule has 206 valence electrons. The summed E-state index contributed by atoms with van der Waals surface area (Å²) in [5.41, 5.74) is 1.15. The molecule has 8 nitrogen and oxygen atoms in total. The second-order valence-corrected chi connectivity index (χ2v) is 9.89. The Balaban J connectivity index is 2.06. The predicted molar refractivity (Wildman–Crippen MR) is 144 cm³/mol. The first-order chi connectivity index (χ1) is 17.8. The minimum atomic E-state index is -0.732. The fraction of sp³-hybridized carbons (Fsp3) is 0.621. The van der Waals surface area contributed by atoms with Gasteiger partial charge >= 0.3 is 0 Å². The summed E-state index contributed by atoms with van der Waals surface area (Å²) in [5, 5.41) is 34.8. The van der Waals surface area contributed by atoms with Crippen molar-refractivity contribution >= 4 is 5.91 Å². The number of amides is 1. The second kappa shape index (κ2) is 16.9. The van der Waals surface area contributed by atoms with Crippen LogP contribution in [0, 0.1) is 27.9 Å². The Morgan fingerprint density at radius 2 is 2.00 bits per heavy atom. The number of aliphatic hydroxyl groups excluding tert-OH is 2. The van der Waals surface area contributed by atoms with Crippen LogP contribution in [0.15, 0.2) is 54.6 Å². The van der Waals surface area contributed by atoms with E-state index in [1.54, 1.807) is 6.08 Å². The highest BCUT2D eigenvalue weighted by Gasteiger charge is 2.44. The van der Waals surface area contributed by atoms with Crippen LogP contribution in [0.4, 0.5) is 0 Å². The Morgan fingerprint density at radius 3 is 2.68 bits per heavy atom. The van der Waals surface area contributed by atoms with Crippen LogP contribution in [0.25, 0.3) is 0 Å². The zero-order valence-electron chi connectivity index (χ0n) is 22.2. The molecule has 0 radical (unpaired) electrons. The third-order valence-corrected chi connectivity index (χ3v) is 7.12. The first-order valence-electron chi connectivity index (χ1n) is 13.7. The number of nitrogens with zero attached hydrogens (tertiary/aromatic N) is 1. The summed E-state index contributed by atoms with van der Waals surface area (Å²) < 4.78 is 0. The summed E-state index contributed by atoms with van der Waals surface area (Å²) in [4.78, 5) is 27.9. The molecule has 0 saturated heterocycles. The average molecular weight is 517 g/mol. The lowest BCUT2D eigenvalue weighted by atomic mass is 9.82. The summed E-state index contributed by atoms with van der Waals surface area (Å²) in [6.07, 6.45) is 11.5. The molecular formula is C29H44N2O6. The molecule has 1 unspecified atom stereocenters. The normalized spacial score (nSPS) is 23.4. The smallest absolute Gasteiger partial charge is 0.294 e. The number of allylic oxidation sites excluding steroid dienone is 3. The van der Waals surface area contributed by atoms with E-state index in [1.807, 2.05) is 62.4 Å². The fourth-order valence-electron chi connectivity index (χ4n) is 5.27. The van der Waals surface area contributed by atoms with Crippen molar-refractivity contribution in [1.29, 1.82) is 0 Å². The number of unbranched alkanes of at least 4 members (excludes halogenated alkanes) is 1. The van der Waals surface area contributed by atoms with Crippen molar-refractivity contribution in [1.82, 2.24) is 5.32 Å². The van der Waals surface area contributed by atoms with Gasteiger partial charge in [-0.3, -0.25) is 4.79 Å². The summed E-state index contributed by atoms with van der Waals surface area (Å²) in [5.74, 6) is -0.447. The molecule has 3 N–H and O–H groups in total. The van der Waals surface area contributed by atoms with E-state index in [1.165, 1.54) is 0 Å². The monoisotopic (exact) mass is 516 g/mol.